The van der Waals surface area contributed by atoms with E-state index in [2.05, 4.69) is 58.4 Å². The summed E-state index contributed by atoms with van der Waals surface area (Å²) in [5.74, 6) is 0. The maximum atomic E-state index is 4.47. The molecule has 3 aliphatic heterocycles. The van der Waals surface area contributed by atoms with Gasteiger partial charge in [0.05, 0.1) is 17.4 Å². The van der Waals surface area contributed by atoms with Crippen LogP contribution in [0, 0.1) is 0 Å². The van der Waals surface area contributed by atoms with E-state index in [0.717, 1.165) is 24.1 Å². The van der Waals surface area contributed by atoms with E-state index >= 15 is 0 Å². The Morgan fingerprint density at radius 2 is 2.00 bits per heavy atom. The number of hydrogen-bond donors (Lipinski definition) is 0. The number of piperidine rings is 1. The van der Waals surface area contributed by atoms with E-state index in [1.807, 2.05) is 6.33 Å². The molecule has 0 radical (unpaired) electrons. The number of aryl methyl sites for hydroxylation is 1. The van der Waals surface area contributed by atoms with Crippen molar-refractivity contribution in [3.8, 4) is 0 Å². The van der Waals surface area contributed by atoms with Crippen molar-refractivity contribution in [1.82, 2.24) is 19.4 Å². The third kappa shape index (κ3) is 2.17. The summed E-state index contributed by atoms with van der Waals surface area (Å²) in [5.41, 5.74) is 3.73. The van der Waals surface area contributed by atoms with Gasteiger partial charge in [-0.15, -0.1) is 0 Å². The highest BCUT2D eigenvalue weighted by Gasteiger charge is 2.44. The highest BCUT2D eigenvalue weighted by molar-refractivity contribution is 5.75. The van der Waals surface area contributed by atoms with E-state index in [1.165, 1.54) is 30.6 Å². The van der Waals surface area contributed by atoms with Gasteiger partial charge in [-0.3, -0.25) is 9.80 Å². The smallest absolute Gasteiger partial charge is 0.0955 e. The maximum absolute atomic E-state index is 4.47. The van der Waals surface area contributed by atoms with E-state index in [9.17, 15) is 0 Å². The molecule has 3 saturated heterocycles. The molecule has 2 bridgehead atoms. The topological polar surface area (TPSA) is 24.3 Å². The molecule has 3 fully saturated rings. The van der Waals surface area contributed by atoms with Gasteiger partial charge in [0.15, 0.2) is 0 Å². The van der Waals surface area contributed by atoms with Crippen LogP contribution in [0.3, 0.4) is 0 Å². The Morgan fingerprint density at radius 3 is 2.71 bits per heavy atom. The summed E-state index contributed by atoms with van der Waals surface area (Å²) < 4.78 is 2.08. The molecule has 112 valence electrons. The first-order valence-corrected chi connectivity index (χ1v) is 8.01. The summed E-state index contributed by atoms with van der Waals surface area (Å²) in [7, 11) is 2.05. The van der Waals surface area contributed by atoms with Gasteiger partial charge in [-0.25, -0.2) is 4.98 Å². The highest BCUT2D eigenvalue weighted by Crippen LogP contribution is 2.34. The minimum Gasteiger partial charge on any atom is -0.334 e. The Balaban J connectivity index is 1.49. The van der Waals surface area contributed by atoms with E-state index < -0.39 is 0 Å². The zero-order valence-corrected chi connectivity index (χ0v) is 13.2. The van der Waals surface area contributed by atoms with Gasteiger partial charge in [0, 0.05) is 44.8 Å². The minimum atomic E-state index is 0.683. The van der Waals surface area contributed by atoms with Crippen molar-refractivity contribution in [1.29, 1.82) is 0 Å². The second-order valence-corrected chi connectivity index (χ2v) is 6.94. The van der Waals surface area contributed by atoms with Gasteiger partial charge in [0.2, 0.25) is 0 Å². The molecule has 5 rings (SSSR count). The number of rotatable bonds is 3. The molecule has 2 atom stereocenters. The van der Waals surface area contributed by atoms with Crippen LogP contribution in [0.25, 0.3) is 11.0 Å². The predicted octanol–water partition coefficient (Wildman–Crippen LogP) is 2.24. The third-order valence-corrected chi connectivity index (χ3v) is 5.26. The van der Waals surface area contributed by atoms with Crippen LogP contribution in [0.2, 0.25) is 0 Å². The number of hydrogen-bond acceptors (Lipinski definition) is 3. The zero-order chi connectivity index (χ0) is 14.6. The molecule has 0 spiro atoms. The fourth-order valence-corrected chi connectivity index (χ4v) is 3.89. The quantitative estimate of drug-likeness (QED) is 0.864. The van der Waals surface area contributed by atoms with Crippen molar-refractivity contribution in [2.75, 3.05) is 13.1 Å². The SMILES string of the molecule is CC(C)N1CC2CC(C1)N2Cc1ccc2c(c1)ncn2C. The Labute approximate surface area is 126 Å². The largest absolute Gasteiger partial charge is 0.334 e. The number of piperazine rings is 1. The molecular formula is C17H24N4. The molecule has 4 heteroatoms. The summed E-state index contributed by atoms with van der Waals surface area (Å²) in [5, 5.41) is 0. The molecule has 3 aliphatic rings. The highest BCUT2D eigenvalue weighted by atomic mass is 15.4. The van der Waals surface area contributed by atoms with E-state index in [0.29, 0.717) is 6.04 Å². The summed E-state index contributed by atoms with van der Waals surface area (Å²) >= 11 is 0. The average Bonchev–Trinajstić information content (AvgIpc) is 2.86. The number of aromatic nitrogens is 2. The van der Waals surface area contributed by atoms with Gasteiger partial charge in [-0.05, 0) is 38.0 Å². The van der Waals surface area contributed by atoms with Gasteiger partial charge >= 0.3 is 0 Å². The van der Waals surface area contributed by atoms with Gasteiger partial charge in [0.1, 0.15) is 0 Å². The lowest BCUT2D eigenvalue weighted by molar-refractivity contribution is -0.0834. The lowest BCUT2D eigenvalue weighted by Gasteiger charge is -2.57. The average molecular weight is 284 g/mol. The van der Waals surface area contributed by atoms with Crippen LogP contribution in [-0.2, 0) is 13.6 Å². The lowest BCUT2D eigenvalue weighted by atomic mass is 9.86. The fourth-order valence-electron chi connectivity index (χ4n) is 3.89. The molecule has 1 aromatic heterocycles. The van der Waals surface area contributed by atoms with Gasteiger partial charge in [-0.1, -0.05) is 6.07 Å². The number of nitrogens with zero attached hydrogens (tertiary/aromatic N) is 4. The van der Waals surface area contributed by atoms with Gasteiger partial charge in [-0.2, -0.15) is 0 Å². The summed E-state index contributed by atoms with van der Waals surface area (Å²) in [4.78, 5) is 9.78. The molecule has 0 aliphatic carbocycles. The third-order valence-electron chi connectivity index (χ3n) is 5.26. The standard InChI is InChI=1S/C17H24N4/c1-12(2)20-9-14-7-15(10-20)21(14)8-13-4-5-17-16(6-13)18-11-19(17)3/h4-6,11-12,14-15H,7-10H2,1-3H3. The Bertz CT molecular complexity index is 648. The van der Waals surface area contributed by atoms with Crippen molar-refractivity contribution in [3.63, 3.8) is 0 Å². The second kappa shape index (κ2) is 4.82. The van der Waals surface area contributed by atoms with Crippen LogP contribution in [0.1, 0.15) is 25.8 Å². The Kier molecular flexibility index (Phi) is 3.05. The molecule has 2 unspecified atom stereocenters. The van der Waals surface area contributed by atoms with Gasteiger partial charge < -0.3 is 4.57 Å². The van der Waals surface area contributed by atoms with E-state index in [1.54, 1.807) is 0 Å². The van der Waals surface area contributed by atoms with E-state index in [-0.39, 0.29) is 0 Å². The van der Waals surface area contributed by atoms with Crippen LogP contribution >= 0.6 is 0 Å². The van der Waals surface area contributed by atoms with Crippen LogP contribution < -0.4 is 0 Å². The molecule has 0 saturated carbocycles. The van der Waals surface area contributed by atoms with Gasteiger partial charge in [0.25, 0.3) is 0 Å². The van der Waals surface area contributed by atoms with E-state index in [4.69, 9.17) is 0 Å². The predicted molar refractivity (Wildman–Crippen MR) is 85.2 cm³/mol. The molecule has 4 heterocycles. The van der Waals surface area contributed by atoms with Crippen molar-refractivity contribution in [2.45, 2.75) is 44.9 Å². The second-order valence-electron chi connectivity index (χ2n) is 6.94. The number of imidazole rings is 1. The van der Waals surface area contributed by atoms with Crippen LogP contribution in [0.15, 0.2) is 24.5 Å². The summed E-state index contributed by atoms with van der Waals surface area (Å²) in [6.45, 7) is 8.17. The lowest BCUT2D eigenvalue weighted by Crippen LogP contribution is -2.68. The minimum absolute atomic E-state index is 0.683. The van der Waals surface area contributed by atoms with Crippen LogP contribution in [-0.4, -0.2) is 50.6 Å². The molecule has 0 N–H and O–H groups in total. The molecule has 0 amide bonds. The normalized spacial score (nSPS) is 26.5. The zero-order valence-electron chi connectivity index (χ0n) is 13.2. The molecule has 21 heavy (non-hydrogen) atoms. The summed E-state index contributed by atoms with van der Waals surface area (Å²) in [6, 6.07) is 8.91. The monoisotopic (exact) mass is 284 g/mol. The molecule has 4 nitrogen and oxygen atoms in total. The first kappa shape index (κ1) is 13.3. The van der Waals surface area contributed by atoms with Crippen LogP contribution in [0.5, 0.6) is 0 Å². The van der Waals surface area contributed by atoms with Crippen molar-refractivity contribution in [2.24, 2.45) is 7.05 Å². The number of fused-ring (bicyclic) bond motifs is 3. The first-order chi connectivity index (χ1) is 10.1. The molecular weight excluding hydrogens is 260 g/mol. The maximum Gasteiger partial charge on any atom is 0.0955 e. The molecule has 1 aromatic carbocycles. The van der Waals surface area contributed by atoms with Crippen molar-refractivity contribution in [3.05, 3.63) is 30.1 Å². The fraction of sp³-hybridized carbons (Fsp3) is 0.588. The Morgan fingerprint density at radius 1 is 1.24 bits per heavy atom. The first-order valence-electron chi connectivity index (χ1n) is 8.01. The van der Waals surface area contributed by atoms with Crippen molar-refractivity contribution < 1.29 is 0 Å². The van der Waals surface area contributed by atoms with Crippen LogP contribution in [0.4, 0.5) is 0 Å². The Hall–Kier alpha value is -1.39. The summed E-state index contributed by atoms with van der Waals surface area (Å²) in [6.07, 6.45) is 3.28. The van der Waals surface area contributed by atoms with Crippen molar-refractivity contribution >= 4 is 11.0 Å². The molecule has 2 aromatic rings. The number of benzene rings is 1.